The Hall–Kier alpha value is -0.0800. The standard InChI is InChI=1S/C15H30N2/c1-12-7-9-14(10-8-12)17-11-5-4-6-15(17)13(2)16-3/h12-16H,4-11H2,1-3H3. The van der Waals surface area contributed by atoms with Crippen molar-refractivity contribution in [1.82, 2.24) is 10.2 Å². The number of likely N-dealkylation sites (N-methyl/N-ethyl adjacent to an activating group) is 1. The second kappa shape index (κ2) is 6.19. The minimum Gasteiger partial charge on any atom is -0.316 e. The summed E-state index contributed by atoms with van der Waals surface area (Å²) in [7, 11) is 2.11. The monoisotopic (exact) mass is 238 g/mol. The van der Waals surface area contributed by atoms with Crippen LogP contribution in [0.4, 0.5) is 0 Å². The van der Waals surface area contributed by atoms with E-state index < -0.39 is 0 Å². The minimum atomic E-state index is 0.648. The molecule has 0 spiro atoms. The highest BCUT2D eigenvalue weighted by Crippen LogP contribution is 2.31. The lowest BCUT2D eigenvalue weighted by atomic mass is 9.84. The highest BCUT2D eigenvalue weighted by molar-refractivity contribution is 4.90. The van der Waals surface area contributed by atoms with E-state index >= 15 is 0 Å². The van der Waals surface area contributed by atoms with Gasteiger partial charge in [0, 0.05) is 18.1 Å². The highest BCUT2D eigenvalue weighted by atomic mass is 15.2. The molecule has 1 saturated heterocycles. The molecule has 2 fully saturated rings. The van der Waals surface area contributed by atoms with Gasteiger partial charge in [-0.15, -0.1) is 0 Å². The van der Waals surface area contributed by atoms with Crippen molar-refractivity contribution in [2.45, 2.75) is 76.9 Å². The van der Waals surface area contributed by atoms with Crippen molar-refractivity contribution in [2.75, 3.05) is 13.6 Å². The molecule has 1 N–H and O–H groups in total. The van der Waals surface area contributed by atoms with Crippen LogP contribution in [0.5, 0.6) is 0 Å². The van der Waals surface area contributed by atoms with Gasteiger partial charge in [-0.1, -0.05) is 13.3 Å². The minimum absolute atomic E-state index is 0.648. The van der Waals surface area contributed by atoms with Crippen LogP contribution in [0.1, 0.15) is 58.8 Å². The summed E-state index contributed by atoms with van der Waals surface area (Å²) in [4.78, 5) is 2.84. The van der Waals surface area contributed by atoms with E-state index in [1.165, 1.54) is 51.5 Å². The van der Waals surface area contributed by atoms with Crippen molar-refractivity contribution in [2.24, 2.45) is 5.92 Å². The van der Waals surface area contributed by atoms with E-state index in [9.17, 15) is 0 Å². The number of likely N-dealkylation sites (tertiary alicyclic amines) is 1. The second-order valence-electron chi connectivity index (χ2n) is 6.29. The quantitative estimate of drug-likeness (QED) is 0.813. The predicted octanol–water partition coefficient (Wildman–Crippen LogP) is 3.03. The van der Waals surface area contributed by atoms with Crippen LogP contribution in [0.3, 0.4) is 0 Å². The first-order chi connectivity index (χ1) is 8.22. The molecule has 1 aliphatic heterocycles. The van der Waals surface area contributed by atoms with Crippen LogP contribution < -0.4 is 5.32 Å². The first-order valence-electron chi connectivity index (χ1n) is 7.65. The Morgan fingerprint density at radius 3 is 2.41 bits per heavy atom. The van der Waals surface area contributed by atoms with E-state index in [-0.39, 0.29) is 0 Å². The van der Waals surface area contributed by atoms with Crippen molar-refractivity contribution in [3.8, 4) is 0 Å². The molecule has 0 amide bonds. The fraction of sp³-hybridized carbons (Fsp3) is 1.00. The molecule has 0 aromatic carbocycles. The third-order valence-corrected chi connectivity index (χ3v) is 5.08. The number of rotatable bonds is 3. The lowest BCUT2D eigenvalue weighted by Crippen LogP contribution is -2.54. The van der Waals surface area contributed by atoms with E-state index in [4.69, 9.17) is 0 Å². The zero-order valence-corrected chi connectivity index (χ0v) is 11.9. The maximum Gasteiger partial charge on any atom is 0.0249 e. The third kappa shape index (κ3) is 3.23. The van der Waals surface area contributed by atoms with Crippen molar-refractivity contribution in [3.05, 3.63) is 0 Å². The van der Waals surface area contributed by atoms with Crippen LogP contribution in [-0.4, -0.2) is 36.6 Å². The lowest BCUT2D eigenvalue weighted by molar-refractivity contribution is 0.0490. The summed E-state index contributed by atoms with van der Waals surface area (Å²) in [5.74, 6) is 0.969. The second-order valence-corrected chi connectivity index (χ2v) is 6.29. The van der Waals surface area contributed by atoms with Gasteiger partial charge in [-0.25, -0.2) is 0 Å². The molecular formula is C15H30N2. The Balaban J connectivity index is 1.96. The molecule has 2 rings (SSSR count). The molecule has 1 saturated carbocycles. The molecule has 2 nitrogen and oxygen atoms in total. The van der Waals surface area contributed by atoms with Gasteiger partial charge in [0.1, 0.15) is 0 Å². The molecule has 0 radical (unpaired) electrons. The number of piperidine rings is 1. The third-order valence-electron chi connectivity index (χ3n) is 5.08. The molecule has 2 unspecified atom stereocenters. The molecule has 0 aromatic rings. The van der Waals surface area contributed by atoms with Gasteiger partial charge in [-0.2, -0.15) is 0 Å². The van der Waals surface area contributed by atoms with Crippen molar-refractivity contribution in [1.29, 1.82) is 0 Å². The van der Waals surface area contributed by atoms with Gasteiger partial charge < -0.3 is 5.32 Å². The van der Waals surface area contributed by atoms with E-state index in [2.05, 4.69) is 31.1 Å². The van der Waals surface area contributed by atoms with Crippen LogP contribution in [0.2, 0.25) is 0 Å². The molecule has 1 heterocycles. The first kappa shape index (κ1) is 13.4. The Kier molecular flexibility index (Phi) is 4.87. The van der Waals surface area contributed by atoms with Crippen molar-refractivity contribution >= 4 is 0 Å². The maximum atomic E-state index is 3.47. The average molecular weight is 238 g/mol. The fourth-order valence-corrected chi connectivity index (χ4v) is 3.74. The van der Waals surface area contributed by atoms with Gasteiger partial charge in [-0.3, -0.25) is 4.90 Å². The number of hydrogen-bond donors (Lipinski definition) is 1. The van der Waals surface area contributed by atoms with Gasteiger partial charge >= 0.3 is 0 Å². The van der Waals surface area contributed by atoms with Gasteiger partial charge in [0.25, 0.3) is 0 Å². The van der Waals surface area contributed by atoms with Gasteiger partial charge in [0.2, 0.25) is 0 Å². The molecule has 0 bridgehead atoms. The molecule has 2 heteroatoms. The van der Waals surface area contributed by atoms with Crippen LogP contribution >= 0.6 is 0 Å². The van der Waals surface area contributed by atoms with Crippen LogP contribution in [0.15, 0.2) is 0 Å². The van der Waals surface area contributed by atoms with Crippen LogP contribution in [0, 0.1) is 5.92 Å². The van der Waals surface area contributed by atoms with E-state index in [1.807, 2.05) is 0 Å². The molecular weight excluding hydrogens is 208 g/mol. The molecule has 1 aliphatic carbocycles. The predicted molar refractivity (Wildman–Crippen MR) is 74.3 cm³/mol. The van der Waals surface area contributed by atoms with E-state index in [0.717, 1.165) is 18.0 Å². The molecule has 2 aliphatic rings. The summed E-state index contributed by atoms with van der Waals surface area (Å²) >= 11 is 0. The van der Waals surface area contributed by atoms with Crippen molar-refractivity contribution in [3.63, 3.8) is 0 Å². The van der Waals surface area contributed by atoms with Crippen molar-refractivity contribution < 1.29 is 0 Å². The van der Waals surface area contributed by atoms with Crippen LogP contribution in [0.25, 0.3) is 0 Å². The summed E-state index contributed by atoms with van der Waals surface area (Å²) in [5.41, 5.74) is 0. The summed E-state index contributed by atoms with van der Waals surface area (Å²) in [6.45, 7) is 6.12. The lowest BCUT2D eigenvalue weighted by Gasteiger charge is -2.46. The van der Waals surface area contributed by atoms with Crippen LogP contribution in [-0.2, 0) is 0 Å². The topological polar surface area (TPSA) is 15.3 Å². The number of hydrogen-bond acceptors (Lipinski definition) is 2. The Morgan fingerprint density at radius 1 is 1.06 bits per heavy atom. The zero-order valence-electron chi connectivity index (χ0n) is 11.9. The summed E-state index contributed by atoms with van der Waals surface area (Å²) in [6.07, 6.45) is 10.0. The maximum absolute atomic E-state index is 3.47. The van der Waals surface area contributed by atoms with Gasteiger partial charge in [-0.05, 0) is 65.0 Å². The Labute approximate surface area is 107 Å². The van der Waals surface area contributed by atoms with E-state index in [1.54, 1.807) is 0 Å². The highest BCUT2D eigenvalue weighted by Gasteiger charge is 2.33. The van der Waals surface area contributed by atoms with Gasteiger partial charge in [0.15, 0.2) is 0 Å². The molecule has 17 heavy (non-hydrogen) atoms. The average Bonchev–Trinajstić information content (AvgIpc) is 2.39. The largest absolute Gasteiger partial charge is 0.316 e. The van der Waals surface area contributed by atoms with Gasteiger partial charge in [0.05, 0.1) is 0 Å². The molecule has 100 valence electrons. The molecule has 2 atom stereocenters. The number of nitrogens with zero attached hydrogens (tertiary/aromatic N) is 1. The fourth-order valence-electron chi connectivity index (χ4n) is 3.74. The normalized spacial score (nSPS) is 37.9. The SMILES string of the molecule is CNC(C)C1CCCCN1C1CCC(C)CC1. The van der Waals surface area contributed by atoms with E-state index in [0.29, 0.717) is 6.04 Å². The Morgan fingerprint density at radius 2 is 1.76 bits per heavy atom. The zero-order chi connectivity index (χ0) is 12.3. The summed E-state index contributed by atoms with van der Waals surface area (Å²) < 4.78 is 0. The summed E-state index contributed by atoms with van der Waals surface area (Å²) in [5, 5.41) is 3.47. The Bertz CT molecular complexity index is 221. The number of nitrogens with one attached hydrogen (secondary N) is 1. The molecule has 0 aromatic heterocycles. The first-order valence-corrected chi connectivity index (χ1v) is 7.65. The summed E-state index contributed by atoms with van der Waals surface area (Å²) in [6, 6.07) is 2.31. The smallest absolute Gasteiger partial charge is 0.0249 e.